The number of benzene rings is 1. The fourth-order valence-electron chi connectivity index (χ4n) is 2.50. The quantitative estimate of drug-likeness (QED) is 0.849. The van der Waals surface area contributed by atoms with Crippen LogP contribution in [-0.4, -0.2) is 16.9 Å². The molecule has 23 heavy (non-hydrogen) atoms. The third kappa shape index (κ3) is 4.31. The summed E-state index contributed by atoms with van der Waals surface area (Å²) in [7, 11) is 0. The average Bonchev–Trinajstić information content (AvgIpc) is 2.48. The summed E-state index contributed by atoms with van der Waals surface area (Å²) in [6.07, 6.45) is 3.32. The minimum atomic E-state index is -0.138. The van der Waals surface area contributed by atoms with Gasteiger partial charge in [0.05, 0.1) is 11.3 Å². The van der Waals surface area contributed by atoms with Gasteiger partial charge in [-0.3, -0.25) is 9.78 Å². The van der Waals surface area contributed by atoms with E-state index in [1.807, 2.05) is 25.1 Å². The Bertz CT molecular complexity index is 693. The van der Waals surface area contributed by atoms with Gasteiger partial charge >= 0.3 is 0 Å². The number of nitrogens with one attached hydrogen (secondary N) is 2. The van der Waals surface area contributed by atoms with E-state index in [1.165, 1.54) is 0 Å². The molecule has 0 bridgehead atoms. The first-order chi connectivity index (χ1) is 10.9. The normalized spacial score (nSPS) is 10.9. The van der Waals surface area contributed by atoms with E-state index in [0.29, 0.717) is 17.5 Å². The fourth-order valence-corrected chi connectivity index (χ4v) is 2.50. The highest BCUT2D eigenvalue weighted by Gasteiger charge is 2.14. The molecule has 0 radical (unpaired) electrons. The van der Waals surface area contributed by atoms with Crippen LogP contribution in [-0.2, 0) is 0 Å². The van der Waals surface area contributed by atoms with Crippen LogP contribution in [0.5, 0.6) is 0 Å². The molecule has 1 amide bonds. The molecule has 0 aliphatic carbocycles. The minimum Gasteiger partial charge on any atom is -0.382 e. The molecule has 0 saturated heterocycles. The lowest BCUT2D eigenvalue weighted by Crippen LogP contribution is -2.16. The first-order valence-electron chi connectivity index (χ1n) is 8.01. The monoisotopic (exact) mass is 311 g/mol. The van der Waals surface area contributed by atoms with Crippen LogP contribution in [0.25, 0.3) is 0 Å². The molecule has 1 aromatic heterocycles. The van der Waals surface area contributed by atoms with Gasteiger partial charge in [-0.25, -0.2) is 0 Å². The second-order valence-electron chi connectivity index (χ2n) is 6.41. The van der Waals surface area contributed by atoms with Crippen LogP contribution in [0.2, 0.25) is 0 Å². The Morgan fingerprint density at radius 2 is 1.87 bits per heavy atom. The Kier molecular flexibility index (Phi) is 5.37. The summed E-state index contributed by atoms with van der Waals surface area (Å²) in [5.74, 6) is 0.207. The van der Waals surface area contributed by atoms with Crippen molar-refractivity contribution in [3.63, 3.8) is 0 Å². The molecule has 4 heteroatoms. The lowest BCUT2D eigenvalue weighted by atomic mass is 9.98. The van der Waals surface area contributed by atoms with Crippen LogP contribution >= 0.6 is 0 Å². The maximum Gasteiger partial charge on any atom is 0.257 e. The van der Waals surface area contributed by atoms with Gasteiger partial charge in [-0.1, -0.05) is 32.0 Å². The van der Waals surface area contributed by atoms with Crippen LogP contribution < -0.4 is 10.6 Å². The van der Waals surface area contributed by atoms with Crippen LogP contribution in [0.1, 0.15) is 55.1 Å². The topological polar surface area (TPSA) is 54.0 Å². The fraction of sp³-hybridized carbons (Fsp3) is 0.368. The molecule has 1 heterocycles. The molecule has 0 atom stereocenters. The molecular weight excluding hydrogens is 286 g/mol. The van der Waals surface area contributed by atoms with Crippen molar-refractivity contribution in [1.82, 2.24) is 4.98 Å². The zero-order chi connectivity index (χ0) is 17.0. The number of hydrogen-bond acceptors (Lipinski definition) is 3. The van der Waals surface area contributed by atoms with Crippen molar-refractivity contribution in [3.05, 3.63) is 53.3 Å². The average molecular weight is 311 g/mol. The van der Waals surface area contributed by atoms with E-state index in [4.69, 9.17) is 0 Å². The third-order valence-corrected chi connectivity index (χ3v) is 3.62. The summed E-state index contributed by atoms with van der Waals surface area (Å²) < 4.78 is 0. The molecule has 0 aliphatic rings. The summed E-state index contributed by atoms with van der Waals surface area (Å²) in [5, 5.41) is 6.31. The van der Waals surface area contributed by atoms with Crippen molar-refractivity contribution in [1.29, 1.82) is 0 Å². The zero-order valence-corrected chi connectivity index (χ0v) is 14.5. The summed E-state index contributed by atoms with van der Waals surface area (Å²) >= 11 is 0. The Labute approximate surface area is 138 Å². The molecule has 4 nitrogen and oxygen atoms in total. The van der Waals surface area contributed by atoms with E-state index in [1.54, 1.807) is 12.4 Å². The lowest BCUT2D eigenvalue weighted by molar-refractivity contribution is 0.102. The molecule has 0 spiro atoms. The van der Waals surface area contributed by atoms with E-state index in [0.717, 1.165) is 22.5 Å². The predicted molar refractivity (Wildman–Crippen MR) is 96.2 cm³/mol. The number of nitrogens with zero attached hydrogens (tertiary/aromatic N) is 1. The standard InChI is InChI=1S/C19H25N3O/c1-12(2)17-8-6-7-14(5)18(17)22-19(23)15-9-16(11-20-10-15)21-13(3)4/h6-13,21H,1-5H3,(H,22,23). The van der Waals surface area contributed by atoms with Gasteiger partial charge < -0.3 is 10.6 Å². The second kappa shape index (κ2) is 7.27. The number of aryl methyl sites for hydroxylation is 1. The number of pyridine rings is 1. The van der Waals surface area contributed by atoms with Gasteiger partial charge in [-0.15, -0.1) is 0 Å². The number of anilines is 2. The molecule has 2 N–H and O–H groups in total. The molecule has 2 rings (SSSR count). The highest BCUT2D eigenvalue weighted by molar-refractivity contribution is 6.05. The molecule has 0 aliphatic heterocycles. The highest BCUT2D eigenvalue weighted by atomic mass is 16.1. The van der Waals surface area contributed by atoms with Gasteiger partial charge in [-0.05, 0) is 43.9 Å². The van der Waals surface area contributed by atoms with Crippen molar-refractivity contribution in [2.24, 2.45) is 0 Å². The zero-order valence-electron chi connectivity index (χ0n) is 14.5. The number of carbonyl (C=O) groups excluding carboxylic acids is 1. The summed E-state index contributed by atoms with van der Waals surface area (Å²) in [4.78, 5) is 16.8. The van der Waals surface area contributed by atoms with E-state index in [9.17, 15) is 4.79 Å². The maximum atomic E-state index is 12.6. The van der Waals surface area contributed by atoms with Crippen molar-refractivity contribution in [3.8, 4) is 0 Å². The Hall–Kier alpha value is -2.36. The Morgan fingerprint density at radius 1 is 1.13 bits per heavy atom. The molecule has 1 aromatic carbocycles. The minimum absolute atomic E-state index is 0.138. The Morgan fingerprint density at radius 3 is 2.52 bits per heavy atom. The largest absolute Gasteiger partial charge is 0.382 e. The van der Waals surface area contributed by atoms with Crippen molar-refractivity contribution in [2.45, 2.75) is 46.6 Å². The summed E-state index contributed by atoms with van der Waals surface area (Å²) in [5.41, 5.74) is 4.50. The predicted octanol–water partition coefficient (Wildman–Crippen LogP) is 4.59. The number of para-hydroxylation sites is 1. The molecule has 122 valence electrons. The summed E-state index contributed by atoms with van der Waals surface area (Å²) in [6.45, 7) is 10.4. The van der Waals surface area contributed by atoms with Crippen molar-refractivity contribution in [2.75, 3.05) is 10.6 Å². The number of hydrogen-bond donors (Lipinski definition) is 2. The van der Waals surface area contributed by atoms with Crippen LogP contribution in [0.15, 0.2) is 36.7 Å². The highest BCUT2D eigenvalue weighted by Crippen LogP contribution is 2.28. The lowest BCUT2D eigenvalue weighted by Gasteiger charge is -2.17. The van der Waals surface area contributed by atoms with Crippen LogP contribution in [0.3, 0.4) is 0 Å². The third-order valence-electron chi connectivity index (χ3n) is 3.62. The SMILES string of the molecule is Cc1cccc(C(C)C)c1NC(=O)c1cncc(NC(C)C)c1. The van der Waals surface area contributed by atoms with Gasteiger partial charge in [-0.2, -0.15) is 0 Å². The van der Waals surface area contributed by atoms with Crippen LogP contribution in [0, 0.1) is 6.92 Å². The van der Waals surface area contributed by atoms with Crippen LogP contribution in [0.4, 0.5) is 11.4 Å². The van der Waals surface area contributed by atoms with Gasteiger partial charge in [0, 0.05) is 24.1 Å². The first-order valence-corrected chi connectivity index (χ1v) is 8.01. The number of amides is 1. The number of aromatic nitrogens is 1. The van der Waals surface area contributed by atoms with E-state index >= 15 is 0 Å². The Balaban J connectivity index is 2.26. The molecular formula is C19H25N3O. The van der Waals surface area contributed by atoms with Crippen molar-refractivity contribution >= 4 is 17.3 Å². The molecule has 0 saturated carbocycles. The van der Waals surface area contributed by atoms with Gasteiger partial charge in [0.15, 0.2) is 0 Å². The molecule has 2 aromatic rings. The second-order valence-corrected chi connectivity index (χ2v) is 6.41. The van der Waals surface area contributed by atoms with Gasteiger partial charge in [0.2, 0.25) is 0 Å². The van der Waals surface area contributed by atoms with Crippen molar-refractivity contribution < 1.29 is 4.79 Å². The van der Waals surface area contributed by atoms with Gasteiger partial charge in [0.25, 0.3) is 5.91 Å². The van der Waals surface area contributed by atoms with Gasteiger partial charge in [0.1, 0.15) is 0 Å². The van der Waals surface area contributed by atoms with E-state index in [-0.39, 0.29) is 5.91 Å². The number of rotatable bonds is 5. The van der Waals surface area contributed by atoms with E-state index < -0.39 is 0 Å². The number of carbonyl (C=O) groups is 1. The first kappa shape index (κ1) is 17.0. The maximum absolute atomic E-state index is 12.6. The molecule has 0 fully saturated rings. The van der Waals surface area contributed by atoms with E-state index in [2.05, 4.69) is 49.4 Å². The molecule has 0 unspecified atom stereocenters. The smallest absolute Gasteiger partial charge is 0.257 e. The summed E-state index contributed by atoms with van der Waals surface area (Å²) in [6, 6.07) is 8.21.